The second-order valence-electron chi connectivity index (χ2n) is 7.52. The van der Waals surface area contributed by atoms with Gasteiger partial charge in [-0.25, -0.2) is 17.5 Å². The monoisotopic (exact) mass is 407 g/mol. The van der Waals surface area contributed by atoms with Crippen molar-refractivity contribution in [1.82, 2.24) is 9.62 Å². The summed E-state index contributed by atoms with van der Waals surface area (Å²) < 4.78 is 40.2. The summed E-state index contributed by atoms with van der Waals surface area (Å²) in [5.41, 5.74) is 5.70. The maximum Gasteiger partial charge on any atom is 0.240 e. The number of nitrogens with two attached hydrogens (primary N) is 1. The predicted molar refractivity (Wildman–Crippen MR) is 101 cm³/mol. The van der Waals surface area contributed by atoms with Crippen molar-refractivity contribution in [3.05, 3.63) is 30.1 Å². The molecule has 0 spiro atoms. The molecule has 1 amide bonds. The van der Waals surface area contributed by atoms with Crippen LogP contribution in [0.4, 0.5) is 4.39 Å². The van der Waals surface area contributed by atoms with E-state index in [-0.39, 0.29) is 34.7 Å². The molecule has 1 aromatic rings. The van der Waals surface area contributed by atoms with Crippen LogP contribution in [0.25, 0.3) is 0 Å². The number of likely N-dealkylation sites (tertiary alicyclic amines) is 1. The number of carbonyl (C=O) groups is 1. The molecule has 26 heavy (non-hydrogen) atoms. The number of piperidine rings is 1. The fourth-order valence-electron chi connectivity index (χ4n) is 2.69. The first kappa shape index (κ1) is 22.8. The molecule has 6 nitrogen and oxygen atoms in total. The van der Waals surface area contributed by atoms with Gasteiger partial charge in [0.15, 0.2) is 0 Å². The van der Waals surface area contributed by atoms with Crippen LogP contribution in [0.1, 0.15) is 33.6 Å². The number of nitrogens with one attached hydrogen (secondary N) is 1. The molecule has 0 aromatic heterocycles. The number of hydrogen-bond acceptors (Lipinski definition) is 4. The number of rotatable bonds is 4. The molecule has 1 aliphatic heterocycles. The Kier molecular flexibility index (Phi) is 7.59. The van der Waals surface area contributed by atoms with E-state index in [0.717, 1.165) is 12.1 Å². The molecule has 2 rings (SSSR count). The van der Waals surface area contributed by atoms with Crippen LogP contribution >= 0.6 is 12.4 Å². The zero-order valence-electron chi connectivity index (χ0n) is 15.2. The molecule has 0 radical (unpaired) electrons. The van der Waals surface area contributed by atoms with E-state index >= 15 is 0 Å². The zero-order valence-corrected chi connectivity index (χ0v) is 16.9. The van der Waals surface area contributed by atoms with Crippen LogP contribution in [0, 0.1) is 11.2 Å². The molecule has 1 aromatic carbocycles. The van der Waals surface area contributed by atoms with Gasteiger partial charge in [0, 0.05) is 19.1 Å². The molecule has 148 valence electrons. The topological polar surface area (TPSA) is 92.5 Å². The van der Waals surface area contributed by atoms with Crippen molar-refractivity contribution < 1.29 is 17.6 Å². The highest BCUT2D eigenvalue weighted by molar-refractivity contribution is 7.89. The van der Waals surface area contributed by atoms with E-state index in [0.29, 0.717) is 25.9 Å². The highest BCUT2D eigenvalue weighted by Crippen LogP contribution is 2.21. The lowest BCUT2D eigenvalue weighted by Crippen LogP contribution is -2.54. The number of nitrogens with zero attached hydrogens (tertiary/aromatic N) is 1. The van der Waals surface area contributed by atoms with Crippen molar-refractivity contribution >= 4 is 28.3 Å². The second-order valence-corrected chi connectivity index (χ2v) is 9.23. The molecule has 1 fully saturated rings. The minimum Gasteiger partial charge on any atom is -0.341 e. The summed E-state index contributed by atoms with van der Waals surface area (Å²) >= 11 is 0. The maximum absolute atomic E-state index is 12.9. The van der Waals surface area contributed by atoms with E-state index in [1.54, 1.807) is 4.90 Å². The molecular weight excluding hydrogens is 381 g/mol. The molecule has 1 saturated heterocycles. The van der Waals surface area contributed by atoms with Crippen LogP contribution in [-0.2, 0) is 14.8 Å². The normalized spacial score (nSPS) is 17.5. The Balaban J connectivity index is 0.00000338. The van der Waals surface area contributed by atoms with Crippen molar-refractivity contribution in [2.24, 2.45) is 11.1 Å². The van der Waals surface area contributed by atoms with Gasteiger partial charge in [-0.05, 0) is 42.5 Å². The zero-order chi connectivity index (χ0) is 18.8. The van der Waals surface area contributed by atoms with E-state index in [9.17, 15) is 17.6 Å². The third-order valence-corrected chi connectivity index (χ3v) is 5.99. The van der Waals surface area contributed by atoms with E-state index in [1.165, 1.54) is 12.1 Å². The molecule has 0 saturated carbocycles. The minimum atomic E-state index is -3.70. The number of sulfonamides is 1. The first-order valence-electron chi connectivity index (χ1n) is 8.33. The fourth-order valence-corrected chi connectivity index (χ4v) is 3.99. The van der Waals surface area contributed by atoms with Gasteiger partial charge >= 0.3 is 0 Å². The summed E-state index contributed by atoms with van der Waals surface area (Å²) in [6.45, 7) is 6.66. The number of hydrogen-bond donors (Lipinski definition) is 2. The largest absolute Gasteiger partial charge is 0.341 e. The van der Waals surface area contributed by atoms with E-state index in [1.807, 2.05) is 20.8 Å². The molecule has 1 atom stereocenters. The maximum atomic E-state index is 12.9. The van der Waals surface area contributed by atoms with Crippen LogP contribution in [0.3, 0.4) is 0 Å². The van der Waals surface area contributed by atoms with E-state index in [2.05, 4.69) is 4.72 Å². The van der Waals surface area contributed by atoms with Crippen LogP contribution in [0.5, 0.6) is 0 Å². The first-order chi connectivity index (χ1) is 11.5. The van der Waals surface area contributed by atoms with Crippen molar-refractivity contribution in [1.29, 1.82) is 0 Å². The van der Waals surface area contributed by atoms with Crippen LogP contribution in [-0.4, -0.2) is 44.4 Å². The van der Waals surface area contributed by atoms with Gasteiger partial charge < -0.3 is 10.6 Å². The fraction of sp³-hybridized carbons (Fsp3) is 0.588. The average Bonchev–Trinajstić information content (AvgIpc) is 2.53. The lowest BCUT2D eigenvalue weighted by molar-refractivity contribution is -0.136. The van der Waals surface area contributed by atoms with Gasteiger partial charge in [-0.2, -0.15) is 0 Å². The summed E-state index contributed by atoms with van der Waals surface area (Å²) in [7, 11) is -3.70. The van der Waals surface area contributed by atoms with Gasteiger partial charge in [0.2, 0.25) is 15.9 Å². The summed E-state index contributed by atoms with van der Waals surface area (Å²) in [6.07, 6.45) is 1.03. The first-order valence-corrected chi connectivity index (χ1v) is 9.81. The molecule has 3 N–H and O–H groups in total. The quantitative estimate of drug-likeness (QED) is 0.797. The Morgan fingerprint density at radius 3 is 2.19 bits per heavy atom. The number of benzene rings is 1. The van der Waals surface area contributed by atoms with Crippen molar-refractivity contribution in [3.63, 3.8) is 0 Å². The van der Waals surface area contributed by atoms with E-state index < -0.39 is 21.9 Å². The Morgan fingerprint density at radius 1 is 1.23 bits per heavy atom. The molecule has 1 heterocycles. The third-order valence-electron chi connectivity index (χ3n) is 4.45. The summed E-state index contributed by atoms with van der Waals surface area (Å²) in [4.78, 5) is 14.1. The van der Waals surface area contributed by atoms with Gasteiger partial charge in [0.1, 0.15) is 5.82 Å². The number of carbonyl (C=O) groups excluding carboxylic acids is 1. The van der Waals surface area contributed by atoms with Gasteiger partial charge in [0.25, 0.3) is 0 Å². The summed E-state index contributed by atoms with van der Waals surface area (Å²) in [5.74, 6) is -0.590. The Bertz CT molecular complexity index is 712. The average molecular weight is 408 g/mol. The van der Waals surface area contributed by atoms with Gasteiger partial charge in [0.05, 0.1) is 10.9 Å². The summed E-state index contributed by atoms with van der Waals surface area (Å²) in [5, 5.41) is 0. The lowest BCUT2D eigenvalue weighted by Gasteiger charge is -2.36. The highest BCUT2D eigenvalue weighted by atomic mass is 35.5. The van der Waals surface area contributed by atoms with Crippen LogP contribution in [0.2, 0.25) is 0 Å². The molecular formula is C17H27ClFN3O3S. The van der Waals surface area contributed by atoms with Crippen LogP contribution < -0.4 is 10.5 Å². The van der Waals surface area contributed by atoms with Crippen molar-refractivity contribution in [3.8, 4) is 0 Å². The van der Waals surface area contributed by atoms with E-state index in [4.69, 9.17) is 5.73 Å². The lowest BCUT2D eigenvalue weighted by atomic mass is 9.86. The molecule has 0 bridgehead atoms. The molecule has 9 heteroatoms. The SMILES string of the molecule is CC(C)(C)C(N)C(=O)N1CCC(NS(=O)(=O)c2ccc(F)cc2)CC1.Cl. The molecule has 1 unspecified atom stereocenters. The predicted octanol–water partition coefficient (Wildman–Crippen LogP) is 1.89. The van der Waals surface area contributed by atoms with Gasteiger partial charge in [-0.1, -0.05) is 20.8 Å². The second kappa shape index (κ2) is 8.65. The number of halogens is 2. The van der Waals surface area contributed by atoms with Crippen molar-refractivity contribution in [2.75, 3.05) is 13.1 Å². The molecule has 0 aliphatic carbocycles. The highest BCUT2D eigenvalue weighted by Gasteiger charge is 2.33. The molecule has 1 aliphatic rings. The Hall–Kier alpha value is -1.22. The Morgan fingerprint density at radius 2 is 1.73 bits per heavy atom. The van der Waals surface area contributed by atoms with Crippen LogP contribution in [0.15, 0.2) is 29.2 Å². The Labute approximate surface area is 160 Å². The minimum absolute atomic E-state index is 0. The number of amides is 1. The van der Waals surface area contributed by atoms with Gasteiger partial charge in [-0.15, -0.1) is 12.4 Å². The van der Waals surface area contributed by atoms with Gasteiger partial charge in [-0.3, -0.25) is 4.79 Å². The summed E-state index contributed by atoms with van der Waals surface area (Å²) in [6, 6.07) is 3.86. The third kappa shape index (κ3) is 5.64. The van der Waals surface area contributed by atoms with Crippen molar-refractivity contribution in [2.45, 2.75) is 50.6 Å². The standard InChI is InChI=1S/C17H26FN3O3S.ClH/c1-17(2,3)15(19)16(22)21-10-8-13(9-11-21)20-25(23,24)14-6-4-12(18)5-7-14;/h4-7,13,15,20H,8-11,19H2,1-3H3;1H. The smallest absolute Gasteiger partial charge is 0.240 e.